The summed E-state index contributed by atoms with van der Waals surface area (Å²) in [6, 6.07) is 7.20. The minimum atomic E-state index is -0.263. The van der Waals surface area contributed by atoms with Crippen molar-refractivity contribution in [3.8, 4) is 0 Å². The molecule has 0 aromatic heterocycles. The lowest BCUT2D eigenvalue weighted by molar-refractivity contribution is 0.0491. The van der Waals surface area contributed by atoms with Crippen LogP contribution < -0.4 is 0 Å². The second kappa shape index (κ2) is 4.71. The molecule has 0 unspecified atom stereocenters. The van der Waals surface area contributed by atoms with E-state index in [1.54, 1.807) is 12.1 Å². The summed E-state index contributed by atoms with van der Waals surface area (Å²) < 4.78 is 5.17. The SMILES string of the molecule is O=C(OCCC1CC1)c1ccccc1S. The third kappa shape index (κ3) is 2.99. The average Bonchev–Trinajstić information content (AvgIpc) is 3.02. The van der Waals surface area contributed by atoms with E-state index in [4.69, 9.17) is 4.74 Å². The van der Waals surface area contributed by atoms with Crippen molar-refractivity contribution in [1.29, 1.82) is 0 Å². The van der Waals surface area contributed by atoms with Crippen molar-refractivity contribution in [2.75, 3.05) is 6.61 Å². The van der Waals surface area contributed by atoms with E-state index in [1.807, 2.05) is 12.1 Å². The molecule has 3 heteroatoms. The molecule has 1 saturated carbocycles. The standard InChI is InChI=1S/C12H14O2S/c13-12(14-8-7-9-5-6-9)10-3-1-2-4-11(10)15/h1-4,9,15H,5-8H2. The second-order valence-electron chi connectivity index (χ2n) is 3.89. The van der Waals surface area contributed by atoms with Crippen molar-refractivity contribution in [2.24, 2.45) is 5.92 Å². The molecule has 0 spiro atoms. The zero-order chi connectivity index (χ0) is 10.7. The number of rotatable bonds is 4. The highest BCUT2D eigenvalue weighted by Crippen LogP contribution is 2.32. The third-order valence-electron chi connectivity index (χ3n) is 2.58. The summed E-state index contributed by atoms with van der Waals surface area (Å²) in [6.45, 7) is 0.533. The maximum atomic E-state index is 11.6. The Morgan fingerprint density at radius 2 is 2.13 bits per heavy atom. The fraction of sp³-hybridized carbons (Fsp3) is 0.417. The first kappa shape index (κ1) is 10.6. The van der Waals surface area contributed by atoms with E-state index in [2.05, 4.69) is 12.6 Å². The smallest absolute Gasteiger partial charge is 0.339 e. The number of benzene rings is 1. The van der Waals surface area contributed by atoms with Crippen LogP contribution in [0.1, 0.15) is 29.6 Å². The van der Waals surface area contributed by atoms with Crippen LogP contribution >= 0.6 is 12.6 Å². The number of hydrogen-bond donors (Lipinski definition) is 1. The number of hydrogen-bond acceptors (Lipinski definition) is 3. The van der Waals surface area contributed by atoms with Crippen molar-refractivity contribution < 1.29 is 9.53 Å². The minimum Gasteiger partial charge on any atom is -0.462 e. The van der Waals surface area contributed by atoms with E-state index in [0.29, 0.717) is 17.1 Å². The molecule has 0 radical (unpaired) electrons. The number of esters is 1. The van der Waals surface area contributed by atoms with Gasteiger partial charge in [-0.05, 0) is 24.5 Å². The van der Waals surface area contributed by atoms with Crippen molar-refractivity contribution in [3.05, 3.63) is 29.8 Å². The Kier molecular flexibility index (Phi) is 3.31. The predicted molar refractivity (Wildman–Crippen MR) is 61.3 cm³/mol. The maximum Gasteiger partial charge on any atom is 0.339 e. The molecule has 0 saturated heterocycles. The zero-order valence-corrected chi connectivity index (χ0v) is 9.37. The Hall–Kier alpha value is -0.960. The molecule has 0 heterocycles. The topological polar surface area (TPSA) is 26.3 Å². The molecule has 1 fully saturated rings. The summed E-state index contributed by atoms with van der Waals surface area (Å²) in [7, 11) is 0. The molecule has 0 amide bonds. The largest absolute Gasteiger partial charge is 0.462 e. The van der Waals surface area contributed by atoms with E-state index in [9.17, 15) is 4.79 Å². The van der Waals surface area contributed by atoms with Crippen molar-refractivity contribution >= 4 is 18.6 Å². The molecule has 80 valence electrons. The fourth-order valence-electron chi connectivity index (χ4n) is 1.45. The highest BCUT2D eigenvalue weighted by atomic mass is 32.1. The van der Waals surface area contributed by atoms with Crippen LogP contribution in [0, 0.1) is 5.92 Å². The van der Waals surface area contributed by atoms with Gasteiger partial charge in [0.25, 0.3) is 0 Å². The highest BCUT2D eigenvalue weighted by Gasteiger charge is 2.21. The Morgan fingerprint density at radius 3 is 2.80 bits per heavy atom. The van der Waals surface area contributed by atoms with Crippen LogP contribution in [0.25, 0.3) is 0 Å². The average molecular weight is 222 g/mol. The van der Waals surface area contributed by atoms with Gasteiger partial charge >= 0.3 is 5.97 Å². The van der Waals surface area contributed by atoms with Crippen LogP contribution in [0.5, 0.6) is 0 Å². The molecule has 2 rings (SSSR count). The Bertz CT molecular complexity index is 358. The number of carbonyl (C=O) groups excluding carboxylic acids is 1. The quantitative estimate of drug-likeness (QED) is 0.626. The Labute approximate surface area is 95.0 Å². The summed E-state index contributed by atoms with van der Waals surface area (Å²) in [4.78, 5) is 12.3. The monoisotopic (exact) mass is 222 g/mol. The number of thiol groups is 1. The minimum absolute atomic E-state index is 0.263. The van der Waals surface area contributed by atoms with Gasteiger partial charge in [0.15, 0.2) is 0 Å². The van der Waals surface area contributed by atoms with E-state index in [-0.39, 0.29) is 5.97 Å². The van der Waals surface area contributed by atoms with Gasteiger partial charge in [-0.3, -0.25) is 0 Å². The zero-order valence-electron chi connectivity index (χ0n) is 8.48. The summed E-state index contributed by atoms with van der Waals surface area (Å²) in [5.41, 5.74) is 0.552. The molecule has 2 nitrogen and oxygen atoms in total. The third-order valence-corrected chi connectivity index (χ3v) is 2.97. The molecule has 15 heavy (non-hydrogen) atoms. The van der Waals surface area contributed by atoms with Crippen LogP contribution in [-0.4, -0.2) is 12.6 Å². The van der Waals surface area contributed by atoms with Crippen LogP contribution in [0.3, 0.4) is 0 Å². The predicted octanol–water partition coefficient (Wildman–Crippen LogP) is 2.93. The second-order valence-corrected chi connectivity index (χ2v) is 4.37. The van der Waals surface area contributed by atoms with Gasteiger partial charge in [-0.25, -0.2) is 4.79 Å². The first-order valence-electron chi connectivity index (χ1n) is 5.22. The molecule has 1 aromatic rings. The molecule has 1 aliphatic rings. The van der Waals surface area contributed by atoms with Gasteiger partial charge in [0.2, 0.25) is 0 Å². The first-order valence-corrected chi connectivity index (χ1v) is 5.67. The summed E-state index contributed by atoms with van der Waals surface area (Å²) in [5.74, 6) is 0.533. The molecule has 0 atom stereocenters. The summed E-state index contributed by atoms with van der Waals surface area (Å²) >= 11 is 4.21. The summed E-state index contributed by atoms with van der Waals surface area (Å²) in [5, 5.41) is 0. The molecule has 1 aliphatic carbocycles. The lowest BCUT2D eigenvalue weighted by Crippen LogP contribution is -2.07. The molecule has 0 bridgehead atoms. The van der Waals surface area contributed by atoms with Crippen LogP contribution in [0.4, 0.5) is 0 Å². The lowest BCUT2D eigenvalue weighted by Gasteiger charge is -2.05. The van der Waals surface area contributed by atoms with Gasteiger partial charge < -0.3 is 4.74 Å². The molecule has 1 aromatic carbocycles. The van der Waals surface area contributed by atoms with Gasteiger partial charge in [-0.1, -0.05) is 25.0 Å². The van der Waals surface area contributed by atoms with E-state index < -0.39 is 0 Å². The first-order chi connectivity index (χ1) is 7.27. The molecular weight excluding hydrogens is 208 g/mol. The maximum absolute atomic E-state index is 11.6. The number of carbonyl (C=O) groups is 1. The van der Waals surface area contributed by atoms with E-state index >= 15 is 0 Å². The van der Waals surface area contributed by atoms with Gasteiger partial charge in [-0.2, -0.15) is 0 Å². The Balaban J connectivity index is 1.86. The van der Waals surface area contributed by atoms with Crippen molar-refractivity contribution in [3.63, 3.8) is 0 Å². The molecule has 0 aliphatic heterocycles. The number of ether oxygens (including phenoxy) is 1. The van der Waals surface area contributed by atoms with E-state index in [0.717, 1.165) is 12.3 Å². The fourth-order valence-corrected chi connectivity index (χ4v) is 1.70. The van der Waals surface area contributed by atoms with Gasteiger partial charge in [-0.15, -0.1) is 12.6 Å². The van der Waals surface area contributed by atoms with Gasteiger partial charge in [0.05, 0.1) is 12.2 Å². The Morgan fingerprint density at radius 1 is 1.40 bits per heavy atom. The van der Waals surface area contributed by atoms with E-state index in [1.165, 1.54) is 12.8 Å². The highest BCUT2D eigenvalue weighted by molar-refractivity contribution is 7.80. The van der Waals surface area contributed by atoms with Gasteiger partial charge in [0, 0.05) is 4.90 Å². The normalized spacial score (nSPS) is 15.0. The van der Waals surface area contributed by atoms with Crippen LogP contribution in [0.15, 0.2) is 29.2 Å². The lowest BCUT2D eigenvalue weighted by atomic mass is 10.2. The van der Waals surface area contributed by atoms with Crippen LogP contribution in [0.2, 0.25) is 0 Å². The van der Waals surface area contributed by atoms with Crippen molar-refractivity contribution in [1.82, 2.24) is 0 Å². The molecular formula is C12H14O2S. The molecule has 0 N–H and O–H groups in total. The summed E-state index contributed by atoms with van der Waals surface area (Å²) in [6.07, 6.45) is 3.59. The van der Waals surface area contributed by atoms with Gasteiger partial charge in [0.1, 0.15) is 0 Å². The van der Waals surface area contributed by atoms with Crippen LogP contribution in [-0.2, 0) is 4.74 Å². The van der Waals surface area contributed by atoms with Crippen molar-refractivity contribution in [2.45, 2.75) is 24.2 Å².